The summed E-state index contributed by atoms with van der Waals surface area (Å²) in [7, 11) is 1.61. The second-order valence-corrected chi connectivity index (χ2v) is 7.76. The van der Waals surface area contributed by atoms with Crippen molar-refractivity contribution in [2.24, 2.45) is 0 Å². The molecule has 1 saturated carbocycles. The number of nitrogens with one attached hydrogen (secondary N) is 1. The van der Waals surface area contributed by atoms with Crippen LogP contribution in [0.15, 0.2) is 64.8 Å². The van der Waals surface area contributed by atoms with Gasteiger partial charge in [-0.05, 0) is 36.4 Å². The summed E-state index contributed by atoms with van der Waals surface area (Å²) in [6.45, 7) is 0.0722. The van der Waals surface area contributed by atoms with Crippen LogP contribution in [0.3, 0.4) is 0 Å². The van der Waals surface area contributed by atoms with Gasteiger partial charge in [0, 0.05) is 16.0 Å². The number of hydrogen-bond donors (Lipinski definition) is 2. The van der Waals surface area contributed by atoms with Gasteiger partial charge in [-0.25, -0.2) is 0 Å². The van der Waals surface area contributed by atoms with E-state index in [1.807, 2.05) is 41.8 Å². The number of amides is 1. The Bertz CT molecular complexity index is 879. The Morgan fingerprint density at radius 1 is 1.30 bits per heavy atom. The quantitative estimate of drug-likeness (QED) is 0.656. The molecule has 0 spiro atoms. The number of methoxy groups -OCH3 is 1. The Morgan fingerprint density at radius 2 is 2.11 bits per heavy atom. The molecule has 4 rings (SSSR count). The van der Waals surface area contributed by atoms with Crippen molar-refractivity contribution in [3.05, 3.63) is 76.4 Å². The SMILES string of the molecule is COc1ccccc1C1(C(=O)NC[C@@](O)(c2ccoc2)c2cccs2)CC1. The predicted molar refractivity (Wildman–Crippen MR) is 103 cm³/mol. The summed E-state index contributed by atoms with van der Waals surface area (Å²) in [4.78, 5) is 13.8. The van der Waals surface area contributed by atoms with E-state index in [2.05, 4.69) is 5.32 Å². The number of hydrogen-bond acceptors (Lipinski definition) is 5. The minimum Gasteiger partial charge on any atom is -0.496 e. The third-order valence-electron chi connectivity index (χ3n) is 5.24. The first-order valence-electron chi connectivity index (χ1n) is 8.81. The standard InChI is InChI=1S/C21H21NO4S/c1-25-17-6-3-2-5-16(17)20(9-10-20)19(23)22-14-21(24,15-8-11-26-13-15)18-7-4-12-27-18/h2-8,11-13,24H,9-10,14H2,1H3,(H,22,23)/t21-/m1/s1. The zero-order valence-corrected chi connectivity index (χ0v) is 15.8. The zero-order valence-electron chi connectivity index (χ0n) is 15.0. The number of thiophene rings is 1. The van der Waals surface area contributed by atoms with Crippen LogP contribution >= 0.6 is 11.3 Å². The molecule has 140 valence electrons. The monoisotopic (exact) mass is 383 g/mol. The minimum atomic E-state index is -1.33. The van der Waals surface area contributed by atoms with Crippen molar-refractivity contribution in [3.8, 4) is 5.75 Å². The fourth-order valence-corrected chi connectivity index (χ4v) is 4.35. The number of carbonyl (C=O) groups excluding carboxylic acids is 1. The molecular weight excluding hydrogens is 362 g/mol. The number of benzene rings is 1. The lowest BCUT2D eigenvalue weighted by Gasteiger charge is -2.28. The van der Waals surface area contributed by atoms with Crippen LogP contribution in [0.25, 0.3) is 0 Å². The van der Waals surface area contributed by atoms with E-state index in [1.54, 1.807) is 13.2 Å². The zero-order chi connectivity index (χ0) is 18.9. The summed E-state index contributed by atoms with van der Waals surface area (Å²) in [5.74, 6) is 0.624. The van der Waals surface area contributed by atoms with Crippen molar-refractivity contribution in [2.45, 2.75) is 23.9 Å². The van der Waals surface area contributed by atoms with Crippen LogP contribution in [-0.2, 0) is 15.8 Å². The number of furan rings is 1. The van der Waals surface area contributed by atoms with E-state index >= 15 is 0 Å². The van der Waals surface area contributed by atoms with Gasteiger partial charge in [0.15, 0.2) is 0 Å². The summed E-state index contributed by atoms with van der Waals surface area (Å²) >= 11 is 1.44. The maximum atomic E-state index is 13.1. The van der Waals surface area contributed by atoms with Gasteiger partial charge < -0.3 is 19.6 Å². The third-order valence-corrected chi connectivity index (χ3v) is 6.26. The van der Waals surface area contributed by atoms with Gasteiger partial charge in [0.1, 0.15) is 11.4 Å². The number of aliphatic hydroxyl groups is 1. The first-order chi connectivity index (χ1) is 13.1. The summed E-state index contributed by atoms with van der Waals surface area (Å²) in [5.41, 5.74) is -0.395. The molecule has 1 fully saturated rings. The van der Waals surface area contributed by atoms with Crippen molar-refractivity contribution < 1.29 is 19.1 Å². The van der Waals surface area contributed by atoms with Gasteiger partial charge in [-0.1, -0.05) is 24.3 Å². The van der Waals surface area contributed by atoms with E-state index in [1.165, 1.54) is 23.9 Å². The molecule has 27 heavy (non-hydrogen) atoms. The Hall–Kier alpha value is -2.57. The highest BCUT2D eigenvalue weighted by Gasteiger charge is 2.53. The van der Waals surface area contributed by atoms with E-state index in [0.717, 1.165) is 23.3 Å². The fourth-order valence-electron chi connectivity index (χ4n) is 3.51. The first kappa shape index (κ1) is 17.8. The highest BCUT2D eigenvalue weighted by atomic mass is 32.1. The van der Waals surface area contributed by atoms with E-state index in [0.29, 0.717) is 11.3 Å². The largest absolute Gasteiger partial charge is 0.496 e. The van der Waals surface area contributed by atoms with Crippen LogP contribution in [0.4, 0.5) is 0 Å². The van der Waals surface area contributed by atoms with Crippen molar-refractivity contribution in [2.75, 3.05) is 13.7 Å². The van der Waals surface area contributed by atoms with E-state index in [4.69, 9.17) is 9.15 Å². The van der Waals surface area contributed by atoms with Crippen molar-refractivity contribution in [1.29, 1.82) is 0 Å². The number of para-hydroxylation sites is 1. The average Bonchev–Trinajstić information content (AvgIpc) is 3.11. The lowest BCUT2D eigenvalue weighted by molar-refractivity contribution is -0.124. The molecule has 2 aromatic heterocycles. The van der Waals surface area contributed by atoms with Crippen molar-refractivity contribution in [1.82, 2.24) is 5.32 Å². The molecule has 0 saturated heterocycles. The summed E-state index contributed by atoms with van der Waals surface area (Å²) in [5, 5.41) is 16.2. The van der Waals surface area contributed by atoms with E-state index < -0.39 is 11.0 Å². The van der Waals surface area contributed by atoms with E-state index in [9.17, 15) is 9.90 Å². The molecule has 2 N–H and O–H groups in total. The summed E-state index contributed by atoms with van der Waals surface area (Å²) in [6.07, 6.45) is 4.57. The molecule has 6 heteroatoms. The molecule has 0 aliphatic heterocycles. The number of rotatable bonds is 7. The molecule has 1 atom stereocenters. The second kappa shape index (κ2) is 6.87. The number of ether oxygens (including phenoxy) is 1. The molecule has 2 heterocycles. The topological polar surface area (TPSA) is 71.7 Å². The molecule has 1 aromatic carbocycles. The molecule has 1 aliphatic carbocycles. The van der Waals surface area contributed by atoms with Gasteiger partial charge in [0.05, 0.1) is 31.6 Å². The molecule has 3 aromatic rings. The average molecular weight is 383 g/mol. The maximum absolute atomic E-state index is 13.1. The highest BCUT2D eigenvalue weighted by molar-refractivity contribution is 7.10. The minimum absolute atomic E-state index is 0.0722. The summed E-state index contributed by atoms with van der Waals surface area (Å²) < 4.78 is 10.6. The molecule has 0 radical (unpaired) electrons. The lowest BCUT2D eigenvalue weighted by Crippen LogP contribution is -2.44. The Morgan fingerprint density at radius 3 is 2.74 bits per heavy atom. The maximum Gasteiger partial charge on any atom is 0.230 e. The Kier molecular flexibility index (Phi) is 4.53. The van der Waals surface area contributed by atoms with Gasteiger partial charge in [-0.15, -0.1) is 11.3 Å². The Labute approximate surface area is 161 Å². The van der Waals surface area contributed by atoms with Gasteiger partial charge in [-0.3, -0.25) is 4.79 Å². The van der Waals surface area contributed by atoms with Gasteiger partial charge in [0.25, 0.3) is 0 Å². The third kappa shape index (κ3) is 3.05. The molecule has 5 nitrogen and oxygen atoms in total. The fraction of sp³-hybridized carbons (Fsp3) is 0.286. The normalized spacial score (nSPS) is 17.1. The number of carbonyl (C=O) groups is 1. The van der Waals surface area contributed by atoms with Gasteiger partial charge >= 0.3 is 0 Å². The molecule has 1 amide bonds. The second-order valence-electron chi connectivity index (χ2n) is 6.81. The van der Waals surface area contributed by atoms with Crippen LogP contribution in [-0.4, -0.2) is 24.7 Å². The molecule has 0 bridgehead atoms. The lowest BCUT2D eigenvalue weighted by atomic mass is 9.91. The molecular formula is C21H21NO4S. The van der Waals surface area contributed by atoms with Crippen molar-refractivity contribution in [3.63, 3.8) is 0 Å². The van der Waals surface area contributed by atoms with E-state index in [-0.39, 0.29) is 12.5 Å². The predicted octanol–water partition coefficient (Wildman–Crippen LogP) is 3.43. The van der Waals surface area contributed by atoms with Gasteiger partial charge in [0.2, 0.25) is 5.91 Å². The van der Waals surface area contributed by atoms with Crippen LogP contribution in [0.2, 0.25) is 0 Å². The molecule has 1 aliphatic rings. The molecule has 0 unspecified atom stereocenters. The smallest absolute Gasteiger partial charge is 0.230 e. The van der Waals surface area contributed by atoms with Crippen molar-refractivity contribution >= 4 is 17.2 Å². The van der Waals surface area contributed by atoms with Crippen LogP contribution in [0, 0.1) is 0 Å². The summed E-state index contributed by atoms with van der Waals surface area (Å²) in [6, 6.07) is 13.1. The first-order valence-corrected chi connectivity index (χ1v) is 9.69. The van der Waals surface area contributed by atoms with Crippen LogP contribution in [0.1, 0.15) is 28.8 Å². The van der Waals surface area contributed by atoms with Crippen LogP contribution < -0.4 is 10.1 Å². The van der Waals surface area contributed by atoms with Crippen LogP contribution in [0.5, 0.6) is 5.75 Å². The Balaban J connectivity index is 1.58. The highest BCUT2D eigenvalue weighted by Crippen LogP contribution is 2.51. The van der Waals surface area contributed by atoms with Gasteiger partial charge in [-0.2, -0.15) is 0 Å².